The van der Waals surface area contributed by atoms with Crippen molar-refractivity contribution in [2.24, 2.45) is 5.84 Å². The van der Waals surface area contributed by atoms with E-state index in [2.05, 4.69) is 25.2 Å². The van der Waals surface area contributed by atoms with Gasteiger partial charge in [-0.15, -0.1) is 15.3 Å². The zero-order valence-electron chi connectivity index (χ0n) is 9.15. The van der Waals surface area contributed by atoms with E-state index in [1.165, 1.54) is 11.5 Å². The molecule has 3 aromatic rings. The highest BCUT2D eigenvalue weighted by Gasteiger charge is 2.10. The fourth-order valence-corrected chi connectivity index (χ4v) is 2.91. The molecule has 7 nitrogen and oxygen atoms in total. The molecule has 0 amide bonds. The number of aromatic nitrogens is 5. The van der Waals surface area contributed by atoms with E-state index < -0.39 is 0 Å². The van der Waals surface area contributed by atoms with Gasteiger partial charge in [0.15, 0.2) is 10.8 Å². The molecule has 3 rings (SSSR count). The summed E-state index contributed by atoms with van der Waals surface area (Å²) in [6, 6.07) is 5.78. The third-order valence-electron chi connectivity index (χ3n) is 2.31. The first-order chi connectivity index (χ1) is 8.88. The number of hydrogen-bond acceptors (Lipinski definition) is 8. The number of fused-ring (bicyclic) bond motifs is 1. The molecule has 0 aliphatic heterocycles. The van der Waals surface area contributed by atoms with E-state index in [1.807, 2.05) is 28.8 Å². The number of nitrogens with one attached hydrogen (secondary N) is 1. The fourth-order valence-electron chi connectivity index (χ4n) is 1.46. The third-order valence-corrected chi connectivity index (χ3v) is 3.96. The highest BCUT2D eigenvalue weighted by Crippen LogP contribution is 2.25. The Hall–Kier alpha value is -1.71. The molecule has 0 atom stereocenters. The number of nitrogens with zero attached hydrogens (tertiary/aromatic N) is 5. The Morgan fingerprint density at radius 1 is 1.33 bits per heavy atom. The predicted molar refractivity (Wildman–Crippen MR) is 70.3 cm³/mol. The lowest BCUT2D eigenvalue weighted by atomic mass is 10.5. The van der Waals surface area contributed by atoms with Gasteiger partial charge in [0, 0.05) is 23.5 Å². The quantitative estimate of drug-likeness (QED) is 0.420. The average Bonchev–Trinajstić information content (AvgIpc) is 3.02. The summed E-state index contributed by atoms with van der Waals surface area (Å²) >= 11 is 2.78. The second kappa shape index (κ2) is 4.88. The molecule has 9 heteroatoms. The molecule has 0 bridgehead atoms. The first kappa shape index (κ1) is 11.4. The molecule has 92 valence electrons. The second-order valence-electron chi connectivity index (χ2n) is 3.39. The Labute approximate surface area is 111 Å². The number of anilines is 1. The lowest BCUT2D eigenvalue weighted by Gasteiger charge is -1.99. The summed E-state index contributed by atoms with van der Waals surface area (Å²) in [4.78, 5) is 0. The van der Waals surface area contributed by atoms with E-state index >= 15 is 0 Å². The SMILES string of the molecule is NNc1snnc1CSc1nnc2ccccn12. The summed E-state index contributed by atoms with van der Waals surface area (Å²) in [6.45, 7) is 0. The van der Waals surface area contributed by atoms with Gasteiger partial charge in [0.1, 0.15) is 10.7 Å². The Morgan fingerprint density at radius 3 is 3.17 bits per heavy atom. The predicted octanol–water partition coefficient (Wildman–Crippen LogP) is 1.16. The van der Waals surface area contributed by atoms with Gasteiger partial charge in [-0.2, -0.15) is 0 Å². The molecule has 18 heavy (non-hydrogen) atoms. The zero-order chi connectivity index (χ0) is 12.4. The minimum atomic E-state index is 0.645. The first-order valence-corrected chi connectivity index (χ1v) is 6.85. The van der Waals surface area contributed by atoms with Crippen molar-refractivity contribution in [3.8, 4) is 0 Å². The van der Waals surface area contributed by atoms with Crippen LogP contribution in [0.2, 0.25) is 0 Å². The lowest BCUT2D eigenvalue weighted by Crippen LogP contribution is -2.06. The number of rotatable bonds is 4. The molecule has 0 saturated heterocycles. The molecule has 0 aliphatic carbocycles. The van der Waals surface area contributed by atoms with Crippen molar-refractivity contribution in [1.29, 1.82) is 0 Å². The van der Waals surface area contributed by atoms with Gasteiger partial charge in [0.05, 0.1) is 0 Å². The summed E-state index contributed by atoms with van der Waals surface area (Å²) in [7, 11) is 0. The van der Waals surface area contributed by atoms with Crippen molar-refractivity contribution < 1.29 is 0 Å². The highest BCUT2D eigenvalue weighted by molar-refractivity contribution is 7.98. The van der Waals surface area contributed by atoms with Crippen LogP contribution >= 0.6 is 23.3 Å². The standard InChI is InChI=1S/C9H9N7S2/c10-11-8-6(12-15-18-8)5-17-9-14-13-7-3-1-2-4-16(7)9/h1-4,11H,5,10H2. The summed E-state index contributed by atoms with van der Waals surface area (Å²) in [5.41, 5.74) is 4.23. The minimum absolute atomic E-state index is 0.645. The van der Waals surface area contributed by atoms with E-state index in [1.54, 1.807) is 11.8 Å². The van der Waals surface area contributed by atoms with Crippen LogP contribution in [0, 0.1) is 0 Å². The Kier molecular flexibility index (Phi) is 3.09. The molecule has 0 aliphatic rings. The van der Waals surface area contributed by atoms with E-state index in [4.69, 9.17) is 5.84 Å². The second-order valence-corrected chi connectivity index (χ2v) is 5.09. The van der Waals surface area contributed by atoms with Gasteiger partial charge in [0.25, 0.3) is 0 Å². The van der Waals surface area contributed by atoms with Crippen molar-refractivity contribution in [3.05, 3.63) is 30.1 Å². The van der Waals surface area contributed by atoms with Gasteiger partial charge in [0.2, 0.25) is 0 Å². The molecule has 3 N–H and O–H groups in total. The largest absolute Gasteiger partial charge is 0.313 e. The maximum absolute atomic E-state index is 5.37. The summed E-state index contributed by atoms with van der Waals surface area (Å²) < 4.78 is 5.78. The lowest BCUT2D eigenvalue weighted by molar-refractivity contribution is 0.919. The van der Waals surface area contributed by atoms with Crippen LogP contribution in [-0.4, -0.2) is 24.2 Å². The molecular weight excluding hydrogens is 270 g/mol. The normalized spacial score (nSPS) is 10.9. The monoisotopic (exact) mass is 279 g/mol. The van der Waals surface area contributed by atoms with E-state index in [0.29, 0.717) is 5.75 Å². The molecular formula is C9H9N7S2. The van der Waals surface area contributed by atoms with Crippen LogP contribution in [-0.2, 0) is 5.75 Å². The van der Waals surface area contributed by atoms with Gasteiger partial charge in [-0.05, 0) is 12.1 Å². The molecule has 0 radical (unpaired) electrons. The van der Waals surface area contributed by atoms with Gasteiger partial charge in [-0.3, -0.25) is 4.40 Å². The third kappa shape index (κ3) is 2.03. The van der Waals surface area contributed by atoms with E-state index in [9.17, 15) is 0 Å². The van der Waals surface area contributed by atoms with Crippen LogP contribution in [0.4, 0.5) is 5.00 Å². The molecule has 3 heterocycles. The van der Waals surface area contributed by atoms with Gasteiger partial charge in [-0.1, -0.05) is 22.3 Å². The Balaban J connectivity index is 1.81. The van der Waals surface area contributed by atoms with E-state index in [0.717, 1.165) is 21.5 Å². The molecule has 3 aromatic heterocycles. The smallest absolute Gasteiger partial charge is 0.195 e. The van der Waals surface area contributed by atoms with Crippen molar-refractivity contribution in [2.45, 2.75) is 10.9 Å². The van der Waals surface area contributed by atoms with Crippen LogP contribution < -0.4 is 11.3 Å². The molecule has 0 spiro atoms. The summed E-state index contributed by atoms with van der Waals surface area (Å²) in [5, 5.41) is 13.8. The average molecular weight is 279 g/mol. The molecule has 0 fully saturated rings. The van der Waals surface area contributed by atoms with Crippen molar-refractivity contribution in [3.63, 3.8) is 0 Å². The number of hydrazine groups is 1. The molecule has 0 saturated carbocycles. The van der Waals surface area contributed by atoms with Crippen LogP contribution in [0.25, 0.3) is 5.65 Å². The van der Waals surface area contributed by atoms with Crippen molar-refractivity contribution >= 4 is 33.9 Å². The van der Waals surface area contributed by atoms with Gasteiger partial charge in [-0.25, -0.2) is 5.84 Å². The fraction of sp³-hybridized carbons (Fsp3) is 0.111. The highest BCUT2D eigenvalue weighted by atomic mass is 32.2. The number of hydrogen-bond donors (Lipinski definition) is 2. The number of pyridine rings is 1. The van der Waals surface area contributed by atoms with Crippen molar-refractivity contribution in [2.75, 3.05) is 5.43 Å². The first-order valence-electron chi connectivity index (χ1n) is 5.09. The van der Waals surface area contributed by atoms with Crippen LogP contribution in [0.15, 0.2) is 29.6 Å². The Bertz CT molecular complexity index is 662. The maximum Gasteiger partial charge on any atom is 0.195 e. The Morgan fingerprint density at radius 2 is 2.28 bits per heavy atom. The minimum Gasteiger partial charge on any atom is -0.313 e. The summed E-state index contributed by atoms with van der Waals surface area (Å²) in [6.07, 6.45) is 1.93. The van der Waals surface area contributed by atoms with Crippen LogP contribution in [0.1, 0.15) is 5.69 Å². The van der Waals surface area contributed by atoms with Gasteiger partial charge >= 0.3 is 0 Å². The van der Waals surface area contributed by atoms with Gasteiger partial charge < -0.3 is 5.43 Å². The van der Waals surface area contributed by atoms with Crippen LogP contribution in [0.3, 0.4) is 0 Å². The zero-order valence-corrected chi connectivity index (χ0v) is 10.8. The number of nitrogen functional groups attached to an aromatic ring is 1. The van der Waals surface area contributed by atoms with E-state index in [-0.39, 0.29) is 0 Å². The van der Waals surface area contributed by atoms with Crippen molar-refractivity contribution in [1.82, 2.24) is 24.2 Å². The molecule has 0 aromatic carbocycles. The maximum atomic E-state index is 5.37. The topological polar surface area (TPSA) is 94.0 Å². The number of thioether (sulfide) groups is 1. The molecule has 0 unspecified atom stereocenters. The summed E-state index contributed by atoms with van der Waals surface area (Å²) in [5.74, 6) is 6.02. The number of nitrogens with two attached hydrogens (primary N) is 1. The van der Waals surface area contributed by atoms with Crippen LogP contribution in [0.5, 0.6) is 0 Å².